The predicted molar refractivity (Wildman–Crippen MR) is 108 cm³/mol. The number of anilines is 1. The van der Waals surface area contributed by atoms with Gasteiger partial charge in [0.05, 0.1) is 13.7 Å². The van der Waals surface area contributed by atoms with Crippen LogP contribution in [0, 0.1) is 0 Å². The zero-order valence-corrected chi connectivity index (χ0v) is 15.1. The predicted octanol–water partition coefficient (Wildman–Crippen LogP) is 5.02. The minimum Gasteiger partial charge on any atom is -0.497 e. The summed E-state index contributed by atoms with van der Waals surface area (Å²) in [6, 6.07) is 27.3. The fraction of sp³-hybridized carbons (Fsp3) is 0.0870. The number of aromatic nitrogens is 1. The number of rotatable bonds is 5. The Balaban J connectivity index is 1.72. The van der Waals surface area contributed by atoms with Crippen molar-refractivity contribution >= 4 is 22.5 Å². The molecule has 0 fully saturated rings. The summed E-state index contributed by atoms with van der Waals surface area (Å²) in [5.41, 5.74) is 3.40. The molecule has 27 heavy (non-hydrogen) atoms. The average Bonchev–Trinajstić information content (AvgIpc) is 3.16. The Morgan fingerprint density at radius 3 is 2.33 bits per heavy atom. The van der Waals surface area contributed by atoms with Crippen LogP contribution in [0.15, 0.2) is 84.9 Å². The first-order valence-electron chi connectivity index (χ1n) is 8.82. The Bertz CT molecular complexity index is 1060. The van der Waals surface area contributed by atoms with Crippen molar-refractivity contribution in [2.75, 3.05) is 12.0 Å². The number of carbonyl (C=O) groups excluding carboxylic acids is 1. The quantitative estimate of drug-likeness (QED) is 0.545. The molecule has 0 saturated carbocycles. The highest BCUT2D eigenvalue weighted by Crippen LogP contribution is 2.24. The van der Waals surface area contributed by atoms with E-state index >= 15 is 0 Å². The third-order valence-electron chi connectivity index (χ3n) is 4.55. The number of aromatic amines is 1. The van der Waals surface area contributed by atoms with Crippen LogP contribution in [0.2, 0.25) is 0 Å². The van der Waals surface area contributed by atoms with E-state index < -0.39 is 0 Å². The maximum atomic E-state index is 13.3. The van der Waals surface area contributed by atoms with Crippen molar-refractivity contribution in [2.24, 2.45) is 0 Å². The summed E-state index contributed by atoms with van der Waals surface area (Å²) < 4.78 is 5.28. The number of nitrogens with zero attached hydrogens (tertiary/aromatic N) is 1. The van der Waals surface area contributed by atoms with Crippen molar-refractivity contribution in [3.05, 3.63) is 96.2 Å². The second-order valence-corrected chi connectivity index (χ2v) is 6.35. The zero-order valence-electron chi connectivity index (χ0n) is 15.1. The number of carbonyl (C=O) groups is 1. The summed E-state index contributed by atoms with van der Waals surface area (Å²) in [5, 5.41) is 0.949. The lowest BCUT2D eigenvalue weighted by Gasteiger charge is -2.22. The van der Waals surface area contributed by atoms with Crippen molar-refractivity contribution in [1.29, 1.82) is 0 Å². The first kappa shape index (κ1) is 16.9. The molecule has 0 radical (unpaired) electrons. The van der Waals surface area contributed by atoms with Crippen LogP contribution in [0.3, 0.4) is 0 Å². The number of ether oxygens (including phenoxy) is 1. The molecule has 4 aromatic rings. The van der Waals surface area contributed by atoms with Gasteiger partial charge in [0.15, 0.2) is 0 Å². The molecule has 1 aromatic heterocycles. The van der Waals surface area contributed by atoms with E-state index in [-0.39, 0.29) is 5.91 Å². The smallest absolute Gasteiger partial charge is 0.275 e. The molecule has 1 N–H and O–H groups in total. The van der Waals surface area contributed by atoms with Gasteiger partial charge in [0.2, 0.25) is 0 Å². The van der Waals surface area contributed by atoms with Crippen LogP contribution in [-0.2, 0) is 6.54 Å². The summed E-state index contributed by atoms with van der Waals surface area (Å²) in [6.07, 6.45) is 0. The standard InChI is InChI=1S/C23H20N2O2/c1-27-20-12-13-21-18(14-20)15-22(24-21)23(26)25(19-10-6-3-7-11-19)16-17-8-4-2-5-9-17/h2-15,24H,16H2,1H3. The summed E-state index contributed by atoms with van der Waals surface area (Å²) in [4.78, 5) is 18.4. The molecule has 0 aliphatic rings. The normalized spacial score (nSPS) is 10.7. The van der Waals surface area contributed by atoms with Crippen molar-refractivity contribution in [2.45, 2.75) is 6.54 Å². The lowest BCUT2D eigenvalue weighted by molar-refractivity contribution is 0.0981. The van der Waals surface area contributed by atoms with E-state index in [9.17, 15) is 4.79 Å². The molecule has 134 valence electrons. The first-order chi connectivity index (χ1) is 13.2. The van der Waals surface area contributed by atoms with Gasteiger partial charge >= 0.3 is 0 Å². The van der Waals surface area contributed by atoms with E-state index in [1.54, 1.807) is 12.0 Å². The SMILES string of the molecule is COc1ccc2[nH]c(C(=O)N(Cc3ccccc3)c3ccccc3)cc2c1. The third kappa shape index (κ3) is 3.55. The van der Waals surface area contributed by atoms with E-state index in [1.807, 2.05) is 84.9 Å². The molecular formula is C23H20N2O2. The number of hydrogen-bond donors (Lipinski definition) is 1. The van der Waals surface area contributed by atoms with Gasteiger partial charge in [-0.2, -0.15) is 0 Å². The van der Waals surface area contributed by atoms with Gasteiger partial charge < -0.3 is 14.6 Å². The molecule has 4 rings (SSSR count). The number of nitrogens with one attached hydrogen (secondary N) is 1. The number of benzene rings is 3. The Hall–Kier alpha value is -3.53. The summed E-state index contributed by atoms with van der Waals surface area (Å²) in [5.74, 6) is 0.699. The molecule has 0 spiro atoms. The Morgan fingerprint density at radius 2 is 1.63 bits per heavy atom. The third-order valence-corrected chi connectivity index (χ3v) is 4.55. The molecule has 3 aromatic carbocycles. The van der Waals surface area contributed by atoms with Gasteiger partial charge in [0.1, 0.15) is 11.4 Å². The topological polar surface area (TPSA) is 45.3 Å². The van der Waals surface area contributed by atoms with E-state index in [1.165, 1.54) is 0 Å². The number of fused-ring (bicyclic) bond motifs is 1. The molecule has 1 amide bonds. The lowest BCUT2D eigenvalue weighted by atomic mass is 10.1. The van der Waals surface area contributed by atoms with Gasteiger partial charge in [0.25, 0.3) is 5.91 Å². The summed E-state index contributed by atoms with van der Waals surface area (Å²) in [6.45, 7) is 0.502. The highest BCUT2D eigenvalue weighted by Gasteiger charge is 2.20. The lowest BCUT2D eigenvalue weighted by Crippen LogP contribution is -2.30. The second kappa shape index (κ2) is 7.38. The van der Waals surface area contributed by atoms with Gasteiger partial charge in [-0.15, -0.1) is 0 Å². The van der Waals surface area contributed by atoms with Crippen molar-refractivity contribution < 1.29 is 9.53 Å². The number of methoxy groups -OCH3 is 1. The molecule has 0 aliphatic heterocycles. The molecule has 0 aliphatic carbocycles. The van der Waals surface area contributed by atoms with Gasteiger partial charge in [0, 0.05) is 16.6 Å². The Morgan fingerprint density at radius 1 is 0.926 bits per heavy atom. The van der Waals surface area contributed by atoms with Gasteiger partial charge in [-0.25, -0.2) is 0 Å². The largest absolute Gasteiger partial charge is 0.497 e. The zero-order chi connectivity index (χ0) is 18.6. The van der Waals surface area contributed by atoms with Gasteiger partial charge in [-0.3, -0.25) is 4.79 Å². The number of H-pyrrole nitrogens is 1. The van der Waals surface area contributed by atoms with Crippen LogP contribution < -0.4 is 9.64 Å². The van der Waals surface area contributed by atoms with Crippen LogP contribution in [-0.4, -0.2) is 18.0 Å². The van der Waals surface area contributed by atoms with Gasteiger partial charge in [-0.05, 0) is 42.0 Å². The molecule has 4 nitrogen and oxygen atoms in total. The molecule has 1 heterocycles. The van der Waals surface area contributed by atoms with Gasteiger partial charge in [-0.1, -0.05) is 48.5 Å². The summed E-state index contributed by atoms with van der Waals surface area (Å²) >= 11 is 0. The van der Waals surface area contributed by atoms with Crippen LogP contribution in [0.1, 0.15) is 16.1 Å². The Labute approximate surface area is 158 Å². The molecular weight excluding hydrogens is 336 g/mol. The van der Waals surface area contributed by atoms with E-state index in [4.69, 9.17) is 4.74 Å². The van der Waals surface area contributed by atoms with Crippen molar-refractivity contribution in [3.63, 3.8) is 0 Å². The highest BCUT2D eigenvalue weighted by atomic mass is 16.5. The Kier molecular flexibility index (Phi) is 4.62. The minimum atomic E-state index is -0.0692. The first-order valence-corrected chi connectivity index (χ1v) is 8.82. The number of hydrogen-bond acceptors (Lipinski definition) is 2. The van der Waals surface area contributed by atoms with E-state index in [2.05, 4.69) is 4.98 Å². The number of amides is 1. The van der Waals surface area contributed by atoms with E-state index in [0.29, 0.717) is 12.2 Å². The number of para-hydroxylation sites is 1. The van der Waals surface area contributed by atoms with Crippen molar-refractivity contribution in [3.8, 4) is 5.75 Å². The van der Waals surface area contributed by atoms with E-state index in [0.717, 1.165) is 27.9 Å². The molecule has 0 atom stereocenters. The molecule has 0 unspecified atom stereocenters. The fourth-order valence-corrected chi connectivity index (χ4v) is 3.15. The summed E-state index contributed by atoms with van der Waals surface area (Å²) in [7, 11) is 1.64. The van der Waals surface area contributed by atoms with Crippen LogP contribution in [0.4, 0.5) is 5.69 Å². The second-order valence-electron chi connectivity index (χ2n) is 6.35. The highest BCUT2D eigenvalue weighted by molar-refractivity contribution is 6.07. The molecule has 0 bridgehead atoms. The molecule has 0 saturated heterocycles. The average molecular weight is 356 g/mol. The fourth-order valence-electron chi connectivity index (χ4n) is 3.15. The van der Waals surface area contributed by atoms with Crippen LogP contribution in [0.5, 0.6) is 5.75 Å². The molecule has 4 heteroatoms. The maximum absolute atomic E-state index is 13.3. The maximum Gasteiger partial charge on any atom is 0.275 e. The van der Waals surface area contributed by atoms with Crippen LogP contribution >= 0.6 is 0 Å². The monoisotopic (exact) mass is 356 g/mol. The minimum absolute atomic E-state index is 0.0692. The van der Waals surface area contributed by atoms with Crippen molar-refractivity contribution in [1.82, 2.24) is 4.98 Å². The van der Waals surface area contributed by atoms with Crippen LogP contribution in [0.25, 0.3) is 10.9 Å².